The summed E-state index contributed by atoms with van der Waals surface area (Å²) in [5.41, 5.74) is 0.195. The van der Waals surface area contributed by atoms with Crippen LogP contribution in [0.1, 0.15) is 33.6 Å². The first-order chi connectivity index (χ1) is 6.62. The van der Waals surface area contributed by atoms with E-state index in [0.29, 0.717) is 0 Å². The van der Waals surface area contributed by atoms with E-state index in [4.69, 9.17) is 9.84 Å². The molecule has 2 N–H and O–H groups in total. The predicted octanol–water partition coefficient (Wildman–Crippen LogP) is 1.41. The highest BCUT2D eigenvalue weighted by atomic mass is 16.5. The highest BCUT2D eigenvalue weighted by Gasteiger charge is 2.15. The molecule has 0 rings (SSSR count). The first kappa shape index (κ1) is 13.9. The molecule has 3 nitrogen and oxygen atoms in total. The summed E-state index contributed by atoms with van der Waals surface area (Å²) in [4.78, 5) is 0. The van der Waals surface area contributed by atoms with Gasteiger partial charge in [-0.25, -0.2) is 0 Å². The molecule has 0 heterocycles. The smallest absolute Gasteiger partial charge is 0.0477 e. The van der Waals surface area contributed by atoms with Crippen LogP contribution in [0.2, 0.25) is 0 Å². The number of rotatable bonds is 9. The van der Waals surface area contributed by atoms with Crippen molar-refractivity contribution in [2.75, 3.05) is 32.9 Å². The van der Waals surface area contributed by atoms with Crippen LogP contribution in [0.5, 0.6) is 0 Å². The van der Waals surface area contributed by atoms with Gasteiger partial charge in [-0.1, -0.05) is 13.8 Å². The Bertz CT molecular complexity index is 126. The quantitative estimate of drug-likeness (QED) is 0.557. The summed E-state index contributed by atoms with van der Waals surface area (Å²) in [5, 5.41) is 12.2. The van der Waals surface area contributed by atoms with E-state index in [9.17, 15) is 0 Å². The van der Waals surface area contributed by atoms with E-state index in [1.807, 2.05) is 6.92 Å². The van der Waals surface area contributed by atoms with Crippen molar-refractivity contribution in [2.24, 2.45) is 5.41 Å². The van der Waals surface area contributed by atoms with Crippen molar-refractivity contribution in [1.29, 1.82) is 0 Å². The van der Waals surface area contributed by atoms with E-state index >= 15 is 0 Å². The molecule has 0 radical (unpaired) electrons. The van der Waals surface area contributed by atoms with Crippen molar-refractivity contribution < 1.29 is 9.84 Å². The predicted molar refractivity (Wildman–Crippen MR) is 59.5 cm³/mol. The number of hydrogen-bond donors (Lipinski definition) is 2. The summed E-state index contributed by atoms with van der Waals surface area (Å²) in [6, 6.07) is 0. The molecule has 0 aromatic carbocycles. The van der Waals surface area contributed by atoms with Crippen LogP contribution in [0.15, 0.2) is 0 Å². The molecule has 3 heteroatoms. The lowest BCUT2D eigenvalue weighted by Crippen LogP contribution is -2.31. The fourth-order valence-electron chi connectivity index (χ4n) is 1.26. The second-order valence-electron chi connectivity index (χ2n) is 4.37. The Labute approximate surface area is 87.8 Å². The summed E-state index contributed by atoms with van der Waals surface area (Å²) >= 11 is 0. The van der Waals surface area contributed by atoms with Gasteiger partial charge in [0.15, 0.2) is 0 Å². The Morgan fingerprint density at radius 1 is 1.36 bits per heavy atom. The van der Waals surface area contributed by atoms with Crippen LogP contribution in [0.4, 0.5) is 0 Å². The molecule has 0 fully saturated rings. The van der Waals surface area contributed by atoms with Gasteiger partial charge in [0.05, 0.1) is 0 Å². The molecule has 86 valence electrons. The molecule has 0 bridgehead atoms. The lowest BCUT2D eigenvalue weighted by Gasteiger charge is -2.23. The molecule has 14 heavy (non-hydrogen) atoms. The zero-order chi connectivity index (χ0) is 10.9. The SMILES string of the molecule is CCOCCCNCC(C)(C)CCO. The second-order valence-corrected chi connectivity index (χ2v) is 4.37. The molecular weight excluding hydrogens is 178 g/mol. The van der Waals surface area contributed by atoms with Crippen molar-refractivity contribution in [3.05, 3.63) is 0 Å². The molecule has 0 unspecified atom stereocenters. The lowest BCUT2D eigenvalue weighted by molar-refractivity contribution is 0.143. The minimum atomic E-state index is 0.195. The standard InChI is InChI=1S/C11H25NO2/c1-4-14-9-5-7-12-10-11(2,3)6-8-13/h12-13H,4-10H2,1-3H3. The van der Waals surface area contributed by atoms with Crippen molar-refractivity contribution in [3.8, 4) is 0 Å². The normalized spacial score (nSPS) is 12.0. The molecule has 0 aliphatic heterocycles. The van der Waals surface area contributed by atoms with E-state index in [-0.39, 0.29) is 12.0 Å². The average Bonchev–Trinajstić information content (AvgIpc) is 2.11. The second kappa shape index (κ2) is 8.21. The largest absolute Gasteiger partial charge is 0.396 e. The van der Waals surface area contributed by atoms with Gasteiger partial charge >= 0.3 is 0 Å². The maximum atomic E-state index is 8.83. The van der Waals surface area contributed by atoms with Crippen LogP contribution >= 0.6 is 0 Å². The lowest BCUT2D eigenvalue weighted by atomic mass is 9.90. The average molecular weight is 203 g/mol. The minimum absolute atomic E-state index is 0.195. The van der Waals surface area contributed by atoms with Crippen LogP contribution < -0.4 is 5.32 Å². The topological polar surface area (TPSA) is 41.5 Å². The Morgan fingerprint density at radius 3 is 2.64 bits per heavy atom. The van der Waals surface area contributed by atoms with Crippen LogP contribution in [0.3, 0.4) is 0 Å². The fourth-order valence-corrected chi connectivity index (χ4v) is 1.26. The van der Waals surface area contributed by atoms with Crippen molar-refractivity contribution in [3.63, 3.8) is 0 Å². The van der Waals surface area contributed by atoms with Gasteiger partial charge in [-0.2, -0.15) is 0 Å². The molecule has 0 aliphatic rings. The summed E-state index contributed by atoms with van der Waals surface area (Å²) in [6.07, 6.45) is 1.91. The van der Waals surface area contributed by atoms with E-state index in [2.05, 4.69) is 19.2 Å². The van der Waals surface area contributed by atoms with Crippen LogP contribution in [-0.2, 0) is 4.74 Å². The molecule has 0 aromatic heterocycles. The molecule has 0 amide bonds. The van der Waals surface area contributed by atoms with Crippen LogP contribution in [0, 0.1) is 5.41 Å². The van der Waals surface area contributed by atoms with Gasteiger partial charge in [-0.05, 0) is 31.7 Å². The third-order valence-corrected chi connectivity index (χ3v) is 2.24. The van der Waals surface area contributed by atoms with Gasteiger partial charge in [0, 0.05) is 26.4 Å². The number of nitrogens with one attached hydrogen (secondary N) is 1. The van der Waals surface area contributed by atoms with Gasteiger partial charge in [-0.3, -0.25) is 0 Å². The van der Waals surface area contributed by atoms with Crippen LogP contribution in [0.25, 0.3) is 0 Å². The number of hydrogen-bond acceptors (Lipinski definition) is 3. The van der Waals surface area contributed by atoms with E-state index in [0.717, 1.165) is 39.1 Å². The maximum Gasteiger partial charge on any atom is 0.0477 e. The number of ether oxygens (including phenoxy) is 1. The van der Waals surface area contributed by atoms with E-state index in [1.165, 1.54) is 0 Å². The number of aliphatic hydroxyl groups excluding tert-OH is 1. The summed E-state index contributed by atoms with van der Waals surface area (Å²) in [6.45, 7) is 10.2. The van der Waals surface area contributed by atoms with Gasteiger partial charge in [0.1, 0.15) is 0 Å². The first-order valence-electron chi connectivity index (χ1n) is 5.51. The minimum Gasteiger partial charge on any atom is -0.396 e. The van der Waals surface area contributed by atoms with Crippen molar-refractivity contribution in [2.45, 2.75) is 33.6 Å². The highest BCUT2D eigenvalue weighted by Crippen LogP contribution is 2.17. The van der Waals surface area contributed by atoms with Crippen LogP contribution in [-0.4, -0.2) is 38.0 Å². The highest BCUT2D eigenvalue weighted by molar-refractivity contribution is 4.70. The molecular formula is C11H25NO2. The first-order valence-corrected chi connectivity index (χ1v) is 5.51. The molecule has 0 aliphatic carbocycles. The monoisotopic (exact) mass is 203 g/mol. The zero-order valence-electron chi connectivity index (χ0n) is 9.81. The van der Waals surface area contributed by atoms with E-state index in [1.54, 1.807) is 0 Å². The molecule has 0 spiro atoms. The van der Waals surface area contributed by atoms with Gasteiger partial charge < -0.3 is 15.2 Å². The summed E-state index contributed by atoms with van der Waals surface area (Å²) in [7, 11) is 0. The maximum absolute atomic E-state index is 8.83. The van der Waals surface area contributed by atoms with Crippen molar-refractivity contribution in [1.82, 2.24) is 5.32 Å². The molecule has 0 saturated heterocycles. The fraction of sp³-hybridized carbons (Fsp3) is 1.00. The third-order valence-electron chi connectivity index (χ3n) is 2.24. The summed E-state index contributed by atoms with van der Waals surface area (Å²) in [5.74, 6) is 0. The Morgan fingerprint density at radius 2 is 2.07 bits per heavy atom. The Hall–Kier alpha value is -0.120. The van der Waals surface area contributed by atoms with Crippen molar-refractivity contribution >= 4 is 0 Å². The molecule has 0 aromatic rings. The Kier molecular flexibility index (Phi) is 8.14. The number of aliphatic hydroxyl groups is 1. The van der Waals surface area contributed by atoms with E-state index < -0.39 is 0 Å². The zero-order valence-corrected chi connectivity index (χ0v) is 9.81. The molecule has 0 saturated carbocycles. The van der Waals surface area contributed by atoms with Gasteiger partial charge in [0.25, 0.3) is 0 Å². The Balaban J connectivity index is 3.26. The van der Waals surface area contributed by atoms with Gasteiger partial charge in [0.2, 0.25) is 0 Å². The molecule has 0 atom stereocenters. The van der Waals surface area contributed by atoms with Gasteiger partial charge in [-0.15, -0.1) is 0 Å². The summed E-state index contributed by atoms with van der Waals surface area (Å²) < 4.78 is 5.23. The third kappa shape index (κ3) is 8.48.